The van der Waals surface area contributed by atoms with Crippen LogP contribution in [0.3, 0.4) is 0 Å². The van der Waals surface area contributed by atoms with Gasteiger partial charge in [0.1, 0.15) is 0 Å². The van der Waals surface area contributed by atoms with Crippen molar-refractivity contribution < 1.29 is 0 Å². The Morgan fingerprint density at radius 1 is 1.06 bits per heavy atom. The van der Waals surface area contributed by atoms with Gasteiger partial charge >= 0.3 is 0 Å². The molecule has 0 aromatic heterocycles. The van der Waals surface area contributed by atoms with Crippen molar-refractivity contribution in [2.75, 3.05) is 5.43 Å². The lowest BCUT2D eigenvalue weighted by molar-refractivity contribution is 1.35. The Bertz CT molecular complexity index is 580. The number of halogens is 1. The largest absolute Gasteiger partial charge is 0.279 e. The van der Waals surface area contributed by atoms with Crippen LogP contribution < -0.4 is 5.43 Å². The predicted octanol–water partition coefficient (Wildman–Crippen LogP) is 4.34. The first-order chi connectivity index (χ1) is 8.78. The molecule has 0 aliphatic heterocycles. The van der Waals surface area contributed by atoms with E-state index in [0.29, 0.717) is 10.7 Å². The highest BCUT2D eigenvalue weighted by Gasteiger charge is 1.91. The molecule has 88 valence electrons. The van der Waals surface area contributed by atoms with Gasteiger partial charge in [-0.25, -0.2) is 4.85 Å². The lowest BCUT2D eigenvalue weighted by atomic mass is 10.2. The second-order valence-corrected chi connectivity index (χ2v) is 4.02. The molecule has 0 amide bonds. The summed E-state index contributed by atoms with van der Waals surface area (Å²) in [5.41, 5.74) is 5.31. The number of nitrogens with one attached hydrogen (secondary N) is 1. The quantitative estimate of drug-likeness (QED) is 0.493. The fourth-order valence-electron chi connectivity index (χ4n) is 1.34. The van der Waals surface area contributed by atoms with Crippen LogP contribution in [0, 0.1) is 6.57 Å². The molecule has 1 N–H and O–H groups in total. The second-order valence-electron chi connectivity index (χ2n) is 3.58. The number of hydrazone groups is 1. The normalized spacial score (nSPS) is 10.2. The molecule has 4 heteroatoms. The molecule has 2 aromatic rings. The summed E-state index contributed by atoms with van der Waals surface area (Å²) in [5, 5.41) is 4.81. The molecule has 2 aromatic carbocycles. The second kappa shape index (κ2) is 5.85. The third-order valence-corrected chi connectivity index (χ3v) is 2.53. The van der Waals surface area contributed by atoms with Crippen LogP contribution >= 0.6 is 11.6 Å². The van der Waals surface area contributed by atoms with Crippen molar-refractivity contribution in [1.29, 1.82) is 0 Å². The van der Waals surface area contributed by atoms with E-state index in [9.17, 15) is 0 Å². The molecular weight excluding hydrogens is 246 g/mol. The van der Waals surface area contributed by atoms with Crippen molar-refractivity contribution in [2.45, 2.75) is 0 Å². The van der Waals surface area contributed by atoms with E-state index in [1.807, 2.05) is 36.4 Å². The number of hydrogen-bond acceptors (Lipinski definition) is 2. The van der Waals surface area contributed by atoms with Gasteiger partial charge in [-0.2, -0.15) is 5.10 Å². The van der Waals surface area contributed by atoms with Crippen LogP contribution in [0.5, 0.6) is 0 Å². The highest BCUT2D eigenvalue weighted by molar-refractivity contribution is 6.30. The monoisotopic (exact) mass is 255 g/mol. The highest BCUT2D eigenvalue weighted by atomic mass is 35.5. The summed E-state index contributed by atoms with van der Waals surface area (Å²) in [4.78, 5) is 3.32. The Morgan fingerprint density at radius 2 is 1.72 bits per heavy atom. The van der Waals surface area contributed by atoms with Crippen molar-refractivity contribution in [3.05, 3.63) is 70.5 Å². The Kier molecular flexibility index (Phi) is 3.95. The van der Waals surface area contributed by atoms with Gasteiger partial charge in [-0.05, 0) is 29.8 Å². The van der Waals surface area contributed by atoms with Gasteiger partial charge in [0.25, 0.3) is 0 Å². The summed E-state index contributed by atoms with van der Waals surface area (Å²) < 4.78 is 0. The van der Waals surface area contributed by atoms with E-state index < -0.39 is 0 Å². The van der Waals surface area contributed by atoms with E-state index >= 15 is 0 Å². The van der Waals surface area contributed by atoms with Gasteiger partial charge in [0.15, 0.2) is 5.69 Å². The van der Waals surface area contributed by atoms with E-state index in [1.165, 1.54) is 0 Å². The van der Waals surface area contributed by atoms with Crippen molar-refractivity contribution in [3.8, 4) is 0 Å². The molecule has 18 heavy (non-hydrogen) atoms. The number of anilines is 1. The van der Waals surface area contributed by atoms with Crippen LogP contribution in [-0.4, -0.2) is 6.21 Å². The lowest BCUT2D eigenvalue weighted by Crippen LogP contribution is -1.89. The number of rotatable bonds is 3. The van der Waals surface area contributed by atoms with Crippen molar-refractivity contribution >= 4 is 29.2 Å². The van der Waals surface area contributed by atoms with Crippen LogP contribution in [0.4, 0.5) is 11.4 Å². The molecular formula is C14H10ClN3. The minimum Gasteiger partial charge on any atom is -0.279 e. The van der Waals surface area contributed by atoms with Crippen LogP contribution in [0.1, 0.15) is 5.56 Å². The van der Waals surface area contributed by atoms with E-state index in [1.54, 1.807) is 18.3 Å². The van der Waals surface area contributed by atoms with Gasteiger partial charge in [-0.15, -0.1) is 0 Å². The summed E-state index contributed by atoms with van der Waals surface area (Å²) in [6, 6.07) is 14.5. The molecule has 2 rings (SSSR count). The summed E-state index contributed by atoms with van der Waals surface area (Å²) in [6.07, 6.45) is 1.71. The average molecular weight is 256 g/mol. The smallest absolute Gasteiger partial charge is 0.187 e. The third-order valence-electron chi connectivity index (χ3n) is 2.27. The maximum Gasteiger partial charge on any atom is 0.187 e. The topological polar surface area (TPSA) is 28.8 Å². The summed E-state index contributed by atoms with van der Waals surface area (Å²) in [7, 11) is 0. The Labute approximate surface area is 111 Å². The Balaban J connectivity index is 1.98. The SMILES string of the molecule is [C-]#[N+]c1ccc(N/N=C\c2ccc(Cl)cc2)cc1. The van der Waals surface area contributed by atoms with Crippen molar-refractivity contribution in [1.82, 2.24) is 0 Å². The maximum absolute atomic E-state index is 6.85. The van der Waals surface area contributed by atoms with Crippen LogP contribution in [-0.2, 0) is 0 Å². The van der Waals surface area contributed by atoms with E-state index in [2.05, 4.69) is 15.4 Å². The minimum absolute atomic E-state index is 0.613. The number of nitrogens with zero attached hydrogens (tertiary/aromatic N) is 2. The zero-order valence-electron chi connectivity index (χ0n) is 9.47. The van der Waals surface area contributed by atoms with Gasteiger partial charge in [-0.3, -0.25) is 5.43 Å². The highest BCUT2D eigenvalue weighted by Crippen LogP contribution is 2.15. The first-order valence-corrected chi connectivity index (χ1v) is 5.68. The van der Waals surface area contributed by atoms with Crippen LogP contribution in [0.15, 0.2) is 53.6 Å². The Hall–Kier alpha value is -2.31. The van der Waals surface area contributed by atoms with Crippen molar-refractivity contribution in [2.24, 2.45) is 5.10 Å². The molecule has 0 aliphatic rings. The molecule has 3 nitrogen and oxygen atoms in total. The Morgan fingerprint density at radius 3 is 2.33 bits per heavy atom. The van der Waals surface area contributed by atoms with Gasteiger partial charge in [-0.1, -0.05) is 35.9 Å². The lowest BCUT2D eigenvalue weighted by Gasteiger charge is -1.99. The molecule has 0 aliphatic carbocycles. The van der Waals surface area contributed by atoms with Crippen molar-refractivity contribution in [3.63, 3.8) is 0 Å². The molecule has 0 fully saturated rings. The standard InChI is InChI=1S/C14H10ClN3/c1-16-13-6-8-14(9-7-13)18-17-10-11-2-4-12(15)5-3-11/h2-10,18H/b17-10-. The molecule has 0 radical (unpaired) electrons. The summed E-state index contributed by atoms with van der Waals surface area (Å²) >= 11 is 5.79. The molecule has 0 saturated carbocycles. The molecule has 0 heterocycles. The van der Waals surface area contributed by atoms with Gasteiger partial charge in [0.2, 0.25) is 0 Å². The van der Waals surface area contributed by atoms with E-state index in [0.717, 1.165) is 11.3 Å². The molecule has 0 saturated heterocycles. The first-order valence-electron chi connectivity index (χ1n) is 5.30. The fraction of sp³-hybridized carbons (Fsp3) is 0. The van der Waals surface area contributed by atoms with Crippen LogP contribution in [0.2, 0.25) is 5.02 Å². The van der Waals surface area contributed by atoms with E-state index in [-0.39, 0.29) is 0 Å². The number of hydrogen-bond donors (Lipinski definition) is 1. The average Bonchev–Trinajstić information content (AvgIpc) is 2.42. The molecule has 0 unspecified atom stereocenters. The summed E-state index contributed by atoms with van der Waals surface area (Å²) in [5.74, 6) is 0. The predicted molar refractivity (Wildman–Crippen MR) is 75.4 cm³/mol. The zero-order chi connectivity index (χ0) is 12.8. The van der Waals surface area contributed by atoms with E-state index in [4.69, 9.17) is 18.2 Å². The third kappa shape index (κ3) is 3.34. The number of benzene rings is 2. The fourth-order valence-corrected chi connectivity index (χ4v) is 1.47. The minimum atomic E-state index is 0.613. The zero-order valence-corrected chi connectivity index (χ0v) is 10.2. The van der Waals surface area contributed by atoms with Gasteiger partial charge < -0.3 is 0 Å². The van der Waals surface area contributed by atoms with Gasteiger partial charge in [0.05, 0.1) is 18.5 Å². The summed E-state index contributed by atoms with van der Waals surface area (Å²) in [6.45, 7) is 6.85. The molecule has 0 atom stereocenters. The first kappa shape index (κ1) is 12.2. The van der Waals surface area contributed by atoms with Crippen LogP contribution in [0.25, 0.3) is 4.85 Å². The van der Waals surface area contributed by atoms with Gasteiger partial charge in [0, 0.05) is 5.02 Å². The molecule has 0 bridgehead atoms. The maximum atomic E-state index is 6.85. The molecule has 0 spiro atoms.